The van der Waals surface area contributed by atoms with Crippen molar-refractivity contribution < 1.29 is 14.3 Å². The second-order valence-corrected chi connectivity index (χ2v) is 3.20. The molecule has 0 bridgehead atoms. The minimum Gasteiger partial charge on any atom is -0.508 e. The third-order valence-corrected chi connectivity index (χ3v) is 2.24. The molecule has 0 aliphatic carbocycles. The highest BCUT2D eigenvalue weighted by Crippen LogP contribution is 2.35. The van der Waals surface area contributed by atoms with Gasteiger partial charge in [0.2, 0.25) is 5.91 Å². The first-order chi connectivity index (χ1) is 6.59. The van der Waals surface area contributed by atoms with Gasteiger partial charge in [-0.15, -0.1) is 0 Å². The normalized spacial score (nSPS) is 14.8. The van der Waals surface area contributed by atoms with E-state index in [1.807, 2.05) is 0 Å². The van der Waals surface area contributed by atoms with Crippen molar-refractivity contribution in [3.8, 4) is 5.75 Å². The zero-order valence-electron chi connectivity index (χ0n) is 7.30. The third-order valence-electron chi connectivity index (χ3n) is 2.24. The Morgan fingerprint density at radius 3 is 2.93 bits per heavy atom. The molecule has 0 fully saturated rings. The lowest BCUT2D eigenvalue weighted by Crippen LogP contribution is -2.20. The molecule has 0 unspecified atom stereocenters. The van der Waals surface area contributed by atoms with Crippen molar-refractivity contribution in [1.82, 2.24) is 0 Å². The molecule has 0 aromatic heterocycles. The Labute approximate surface area is 79.5 Å². The number of halogens is 1. The predicted molar refractivity (Wildman–Crippen MR) is 49.4 cm³/mol. The Kier molecular flexibility index (Phi) is 1.80. The Balaban J connectivity index is 2.63. The molecule has 2 rings (SSSR count). The van der Waals surface area contributed by atoms with Gasteiger partial charge >= 0.3 is 0 Å². The van der Waals surface area contributed by atoms with Gasteiger partial charge in [0.05, 0.1) is 11.4 Å². The van der Waals surface area contributed by atoms with Crippen LogP contribution in [0.1, 0.15) is 12.0 Å². The van der Waals surface area contributed by atoms with Crippen LogP contribution in [0, 0.1) is 5.82 Å². The molecule has 0 saturated carbocycles. The van der Waals surface area contributed by atoms with Gasteiger partial charge in [0.25, 0.3) is 0 Å². The summed E-state index contributed by atoms with van der Waals surface area (Å²) in [6.45, 7) is 0. The molecule has 4 nitrogen and oxygen atoms in total. The van der Waals surface area contributed by atoms with Gasteiger partial charge < -0.3 is 16.2 Å². The van der Waals surface area contributed by atoms with Crippen molar-refractivity contribution in [2.24, 2.45) is 0 Å². The number of anilines is 2. The highest BCUT2D eigenvalue weighted by Gasteiger charge is 2.23. The van der Waals surface area contributed by atoms with Gasteiger partial charge in [0.1, 0.15) is 5.75 Å². The fourth-order valence-electron chi connectivity index (χ4n) is 1.53. The molecule has 1 aliphatic rings. The summed E-state index contributed by atoms with van der Waals surface area (Å²) in [5.41, 5.74) is 5.57. The van der Waals surface area contributed by atoms with Crippen LogP contribution in [0.25, 0.3) is 0 Å². The first-order valence-corrected chi connectivity index (χ1v) is 4.19. The summed E-state index contributed by atoms with van der Waals surface area (Å²) in [5.74, 6) is -1.01. The maximum Gasteiger partial charge on any atom is 0.224 e. The predicted octanol–water partition coefficient (Wildman–Crippen LogP) is 0.998. The lowest BCUT2D eigenvalue weighted by molar-refractivity contribution is -0.116. The fraction of sp³-hybridized carbons (Fsp3) is 0.222. The molecule has 0 radical (unpaired) electrons. The number of phenols is 1. The summed E-state index contributed by atoms with van der Waals surface area (Å²) in [6, 6.07) is 1.16. The van der Waals surface area contributed by atoms with E-state index in [2.05, 4.69) is 5.32 Å². The Morgan fingerprint density at radius 1 is 1.50 bits per heavy atom. The number of nitrogens with one attached hydrogen (secondary N) is 1. The van der Waals surface area contributed by atoms with E-state index in [0.29, 0.717) is 12.0 Å². The number of carbonyl (C=O) groups excluding carboxylic acids is 1. The van der Waals surface area contributed by atoms with Crippen LogP contribution in [-0.4, -0.2) is 11.0 Å². The first-order valence-electron chi connectivity index (χ1n) is 4.19. The number of amides is 1. The summed E-state index contributed by atoms with van der Waals surface area (Å²) in [6.07, 6.45) is 0.591. The number of fused-ring (bicyclic) bond motifs is 1. The van der Waals surface area contributed by atoms with Gasteiger partial charge in [0.15, 0.2) is 5.82 Å². The Hall–Kier alpha value is -1.78. The quantitative estimate of drug-likeness (QED) is 0.542. The monoisotopic (exact) mass is 196 g/mol. The Morgan fingerprint density at radius 2 is 2.21 bits per heavy atom. The van der Waals surface area contributed by atoms with Crippen LogP contribution >= 0.6 is 0 Å². The van der Waals surface area contributed by atoms with E-state index in [1.165, 1.54) is 0 Å². The number of benzene rings is 1. The number of nitrogens with two attached hydrogens (primary N) is 1. The van der Waals surface area contributed by atoms with E-state index in [0.717, 1.165) is 6.07 Å². The molecule has 74 valence electrons. The molecule has 0 atom stereocenters. The molecule has 0 spiro atoms. The van der Waals surface area contributed by atoms with E-state index in [9.17, 15) is 14.3 Å². The van der Waals surface area contributed by atoms with Gasteiger partial charge in [-0.25, -0.2) is 4.39 Å². The molecule has 0 saturated heterocycles. The summed E-state index contributed by atoms with van der Waals surface area (Å²) >= 11 is 0. The minimum atomic E-state index is -0.675. The van der Waals surface area contributed by atoms with Crippen molar-refractivity contribution in [1.29, 1.82) is 0 Å². The van der Waals surface area contributed by atoms with Gasteiger partial charge in [-0.1, -0.05) is 0 Å². The molecular weight excluding hydrogens is 187 g/mol. The number of aromatic hydroxyl groups is 1. The summed E-state index contributed by atoms with van der Waals surface area (Å²) in [7, 11) is 0. The third kappa shape index (κ3) is 1.17. The lowest BCUT2D eigenvalue weighted by atomic mass is 10.0. The molecule has 1 aliphatic heterocycles. The van der Waals surface area contributed by atoms with Crippen molar-refractivity contribution in [2.45, 2.75) is 12.8 Å². The summed E-state index contributed by atoms with van der Waals surface area (Å²) in [4.78, 5) is 11.0. The number of hydrogen-bond donors (Lipinski definition) is 3. The lowest BCUT2D eigenvalue weighted by Gasteiger charge is -2.19. The Bertz CT molecular complexity index is 418. The van der Waals surface area contributed by atoms with Crippen molar-refractivity contribution in [3.63, 3.8) is 0 Å². The highest BCUT2D eigenvalue weighted by molar-refractivity contribution is 5.95. The van der Waals surface area contributed by atoms with Gasteiger partial charge in [-0.2, -0.15) is 0 Å². The average molecular weight is 196 g/mol. The van der Waals surface area contributed by atoms with E-state index in [4.69, 9.17) is 5.73 Å². The standard InChI is InChI=1S/C9H9FN2O2/c10-8-5(11)3-6(13)4-1-2-7(14)12-9(4)8/h3,13H,1-2,11H2,(H,12,14). The van der Waals surface area contributed by atoms with E-state index >= 15 is 0 Å². The van der Waals surface area contributed by atoms with E-state index in [-0.39, 0.29) is 29.5 Å². The van der Waals surface area contributed by atoms with E-state index < -0.39 is 5.82 Å². The molecule has 1 heterocycles. The van der Waals surface area contributed by atoms with Crippen LogP contribution < -0.4 is 11.1 Å². The molecule has 5 heteroatoms. The summed E-state index contributed by atoms with van der Waals surface area (Å²) in [5, 5.41) is 11.8. The van der Waals surface area contributed by atoms with Crippen LogP contribution in [0.3, 0.4) is 0 Å². The minimum absolute atomic E-state index is 0.0127. The van der Waals surface area contributed by atoms with Crippen molar-refractivity contribution >= 4 is 17.3 Å². The number of hydrogen-bond acceptors (Lipinski definition) is 3. The maximum atomic E-state index is 13.4. The molecule has 4 N–H and O–H groups in total. The van der Waals surface area contributed by atoms with Crippen molar-refractivity contribution in [2.75, 3.05) is 11.1 Å². The van der Waals surface area contributed by atoms with Gasteiger partial charge in [-0.05, 0) is 6.42 Å². The first kappa shape index (κ1) is 8.80. The zero-order valence-corrected chi connectivity index (χ0v) is 7.30. The molecular formula is C9H9FN2O2. The topological polar surface area (TPSA) is 75.3 Å². The average Bonchev–Trinajstić information content (AvgIpc) is 2.14. The van der Waals surface area contributed by atoms with Crippen LogP contribution in [0.2, 0.25) is 0 Å². The van der Waals surface area contributed by atoms with Crippen LogP contribution in [0.4, 0.5) is 15.8 Å². The second-order valence-electron chi connectivity index (χ2n) is 3.20. The molecule has 14 heavy (non-hydrogen) atoms. The largest absolute Gasteiger partial charge is 0.508 e. The maximum absolute atomic E-state index is 13.4. The number of rotatable bonds is 0. The van der Waals surface area contributed by atoms with Crippen LogP contribution in [0.15, 0.2) is 6.07 Å². The van der Waals surface area contributed by atoms with Crippen LogP contribution in [-0.2, 0) is 11.2 Å². The SMILES string of the molecule is Nc1cc(O)c2c(c1F)NC(=O)CC2. The smallest absolute Gasteiger partial charge is 0.224 e. The molecule has 1 aromatic carbocycles. The van der Waals surface area contributed by atoms with Gasteiger partial charge in [0, 0.05) is 18.1 Å². The van der Waals surface area contributed by atoms with E-state index in [1.54, 1.807) is 0 Å². The highest BCUT2D eigenvalue weighted by atomic mass is 19.1. The van der Waals surface area contributed by atoms with Crippen molar-refractivity contribution in [3.05, 3.63) is 17.4 Å². The molecule has 1 aromatic rings. The van der Waals surface area contributed by atoms with Crippen LogP contribution in [0.5, 0.6) is 5.75 Å². The second kappa shape index (κ2) is 2.87. The van der Waals surface area contributed by atoms with Gasteiger partial charge in [-0.3, -0.25) is 4.79 Å². The number of nitrogen functional groups attached to an aromatic ring is 1. The molecule has 1 amide bonds. The number of phenolic OH excluding ortho intramolecular Hbond substituents is 1. The number of carbonyl (C=O) groups is 1. The fourth-order valence-corrected chi connectivity index (χ4v) is 1.53. The zero-order chi connectivity index (χ0) is 10.3. The summed E-state index contributed by atoms with van der Waals surface area (Å²) < 4.78 is 13.4.